The van der Waals surface area contributed by atoms with E-state index in [4.69, 9.17) is 20.4 Å². The second kappa shape index (κ2) is 6.97. The van der Waals surface area contributed by atoms with Gasteiger partial charge in [-0.25, -0.2) is 4.39 Å². The zero-order valence-electron chi connectivity index (χ0n) is 18.5. The van der Waals surface area contributed by atoms with Crippen LogP contribution in [0.2, 0.25) is 0 Å². The number of nitrogens with two attached hydrogens (primary N) is 1. The first kappa shape index (κ1) is 19.6. The summed E-state index contributed by atoms with van der Waals surface area (Å²) < 4.78 is 20.4. The van der Waals surface area contributed by atoms with Crippen LogP contribution in [0.1, 0.15) is 34.5 Å². The van der Waals surface area contributed by atoms with Gasteiger partial charge < -0.3 is 15.4 Å². The molecule has 2 N–H and O–H groups in total. The predicted molar refractivity (Wildman–Crippen MR) is 121 cm³/mol. The monoisotopic (exact) mass is 431 g/mol. The van der Waals surface area contributed by atoms with Gasteiger partial charge in [-0.1, -0.05) is 0 Å². The highest BCUT2D eigenvalue weighted by Gasteiger charge is 2.46. The van der Waals surface area contributed by atoms with Gasteiger partial charge in [0.05, 0.1) is 11.9 Å². The smallest absolute Gasteiger partial charge is 0.324 e. The summed E-state index contributed by atoms with van der Waals surface area (Å²) in [6.45, 7) is 7.70. The van der Waals surface area contributed by atoms with Crippen molar-refractivity contribution in [2.75, 3.05) is 18.0 Å². The van der Waals surface area contributed by atoms with Gasteiger partial charge in [-0.15, -0.1) is 0 Å². The van der Waals surface area contributed by atoms with E-state index in [2.05, 4.69) is 9.88 Å². The number of benzene rings is 1. The van der Waals surface area contributed by atoms with Crippen LogP contribution in [0.5, 0.6) is 11.8 Å². The van der Waals surface area contributed by atoms with Crippen molar-refractivity contribution in [1.29, 1.82) is 0 Å². The fourth-order valence-corrected chi connectivity index (χ4v) is 5.46. The minimum Gasteiger partial charge on any atom is -0.423 e. The zero-order valence-corrected chi connectivity index (χ0v) is 18.5. The molecule has 2 fully saturated rings. The van der Waals surface area contributed by atoms with Crippen molar-refractivity contribution in [3.05, 3.63) is 58.3 Å². The molecule has 3 aliphatic rings. The van der Waals surface area contributed by atoms with Crippen LogP contribution in [0, 0.1) is 38.4 Å². The van der Waals surface area contributed by atoms with Crippen molar-refractivity contribution in [3.8, 4) is 22.9 Å². The van der Waals surface area contributed by atoms with Crippen molar-refractivity contribution >= 4 is 5.82 Å². The molecule has 3 aromatic rings. The molecule has 3 atom stereocenters. The number of aromatic nitrogens is 3. The van der Waals surface area contributed by atoms with E-state index in [1.807, 2.05) is 26.8 Å². The number of nitrogens with zero attached hydrogens (tertiary/aromatic N) is 4. The van der Waals surface area contributed by atoms with Gasteiger partial charge in [-0.05, 0) is 79.5 Å². The fraction of sp³-hybridized carbons (Fsp3) is 0.400. The lowest BCUT2D eigenvalue weighted by Gasteiger charge is -2.36. The lowest BCUT2D eigenvalue weighted by molar-refractivity contribution is 0.194. The largest absolute Gasteiger partial charge is 0.423 e. The lowest BCUT2D eigenvalue weighted by Crippen LogP contribution is -2.46. The Morgan fingerprint density at radius 3 is 2.69 bits per heavy atom. The Kier molecular flexibility index (Phi) is 4.27. The van der Waals surface area contributed by atoms with E-state index in [-0.39, 0.29) is 11.9 Å². The molecule has 6 rings (SSSR count). The molecule has 32 heavy (non-hydrogen) atoms. The summed E-state index contributed by atoms with van der Waals surface area (Å²) in [5.74, 6) is 2.29. The normalized spacial score (nSPS) is 22.9. The van der Waals surface area contributed by atoms with Crippen molar-refractivity contribution in [3.63, 3.8) is 0 Å². The molecule has 1 saturated heterocycles. The molecule has 2 aromatic heterocycles. The predicted octanol–water partition coefficient (Wildman–Crippen LogP) is 4.08. The maximum atomic E-state index is 14.3. The average molecular weight is 432 g/mol. The van der Waals surface area contributed by atoms with Crippen molar-refractivity contribution in [2.45, 2.75) is 39.7 Å². The van der Waals surface area contributed by atoms with Crippen molar-refractivity contribution in [2.24, 2.45) is 17.6 Å². The summed E-state index contributed by atoms with van der Waals surface area (Å²) in [6, 6.07) is 5.71. The average Bonchev–Trinajstić information content (AvgIpc) is 3.28. The van der Waals surface area contributed by atoms with Gasteiger partial charge in [0.15, 0.2) is 0 Å². The number of aryl methyl sites for hydroxylation is 3. The topological polar surface area (TPSA) is 77.2 Å². The Balaban J connectivity index is 1.45. The first-order valence-corrected chi connectivity index (χ1v) is 11.2. The van der Waals surface area contributed by atoms with E-state index < -0.39 is 0 Å². The minimum absolute atomic E-state index is 0.231. The molecule has 164 valence electrons. The first-order valence-electron chi connectivity index (χ1n) is 11.2. The van der Waals surface area contributed by atoms with Gasteiger partial charge in [0.1, 0.15) is 17.4 Å². The molecule has 1 aromatic carbocycles. The quantitative estimate of drug-likeness (QED) is 0.527. The highest BCUT2D eigenvalue weighted by molar-refractivity contribution is 5.85. The van der Waals surface area contributed by atoms with Crippen LogP contribution in [-0.4, -0.2) is 34.1 Å². The zero-order chi connectivity index (χ0) is 22.1. The number of rotatable bonds is 3. The van der Waals surface area contributed by atoms with Crippen LogP contribution < -0.4 is 15.4 Å². The second-order valence-corrected chi connectivity index (χ2v) is 9.48. The third kappa shape index (κ3) is 2.98. The third-order valence-corrected chi connectivity index (χ3v) is 7.44. The maximum absolute atomic E-state index is 14.3. The summed E-state index contributed by atoms with van der Waals surface area (Å²) >= 11 is 0. The van der Waals surface area contributed by atoms with Crippen molar-refractivity contribution in [1.82, 2.24) is 15.0 Å². The molecular formula is C25H26FN5O. The second-order valence-electron chi connectivity index (χ2n) is 9.48. The standard InChI is InChI=1S/C25H26FN5O/c1-12-5-17(9-28-14(12)3)32-25-29-22-8-18-13(2)4-16(26)7-19(18)23(22)24(30-25)31-10-15-6-21(27)20(15)11-31/h4-5,7,9,15,20-21H,6,8,10-11,27H2,1-3H3. The molecule has 0 bridgehead atoms. The van der Waals surface area contributed by atoms with Crippen LogP contribution >= 0.6 is 0 Å². The van der Waals surface area contributed by atoms with Gasteiger partial charge >= 0.3 is 6.01 Å². The van der Waals surface area contributed by atoms with Gasteiger partial charge in [0.25, 0.3) is 0 Å². The van der Waals surface area contributed by atoms with Gasteiger partial charge in [0, 0.05) is 36.8 Å². The Labute approximate surface area is 186 Å². The number of anilines is 1. The lowest BCUT2D eigenvalue weighted by atomic mass is 9.72. The minimum atomic E-state index is -0.231. The summed E-state index contributed by atoms with van der Waals surface area (Å²) in [5, 5.41) is 0. The number of ether oxygens (including phenoxy) is 1. The van der Waals surface area contributed by atoms with Crippen LogP contribution in [0.3, 0.4) is 0 Å². The third-order valence-electron chi connectivity index (χ3n) is 7.44. The summed E-state index contributed by atoms with van der Waals surface area (Å²) in [5.41, 5.74) is 13.0. The number of fused-ring (bicyclic) bond motifs is 4. The molecule has 0 amide bonds. The van der Waals surface area contributed by atoms with E-state index in [0.29, 0.717) is 30.0 Å². The summed E-state index contributed by atoms with van der Waals surface area (Å²) in [7, 11) is 0. The molecule has 7 heteroatoms. The molecule has 2 aliphatic carbocycles. The van der Waals surface area contributed by atoms with Gasteiger partial charge in [-0.3, -0.25) is 4.98 Å². The van der Waals surface area contributed by atoms with E-state index in [1.165, 1.54) is 0 Å². The Morgan fingerprint density at radius 2 is 1.94 bits per heavy atom. The van der Waals surface area contributed by atoms with E-state index in [0.717, 1.165) is 64.5 Å². The Morgan fingerprint density at radius 1 is 1.09 bits per heavy atom. The molecule has 3 heterocycles. The van der Waals surface area contributed by atoms with E-state index in [9.17, 15) is 4.39 Å². The van der Waals surface area contributed by atoms with Crippen LogP contribution in [-0.2, 0) is 6.42 Å². The van der Waals surface area contributed by atoms with E-state index >= 15 is 0 Å². The summed E-state index contributed by atoms with van der Waals surface area (Å²) in [4.78, 5) is 16.3. The molecule has 0 radical (unpaired) electrons. The Hall–Kier alpha value is -3.06. The van der Waals surface area contributed by atoms with Gasteiger partial charge in [0.2, 0.25) is 0 Å². The SMILES string of the molecule is Cc1cc(Oc2nc3c(c(N4CC5CC(N)C5C4)n2)-c2cc(F)cc(C)c2C3)cnc1C. The molecule has 3 unspecified atom stereocenters. The summed E-state index contributed by atoms with van der Waals surface area (Å²) in [6.07, 6.45) is 3.40. The van der Waals surface area contributed by atoms with Crippen LogP contribution in [0.25, 0.3) is 11.1 Å². The fourth-order valence-electron chi connectivity index (χ4n) is 5.46. The highest BCUT2D eigenvalue weighted by atomic mass is 19.1. The van der Waals surface area contributed by atoms with Gasteiger partial charge in [-0.2, -0.15) is 9.97 Å². The van der Waals surface area contributed by atoms with Crippen LogP contribution in [0.15, 0.2) is 24.4 Å². The molecule has 1 aliphatic heterocycles. The number of hydrogen-bond donors (Lipinski definition) is 1. The van der Waals surface area contributed by atoms with E-state index in [1.54, 1.807) is 18.3 Å². The molecule has 0 spiro atoms. The number of pyridine rings is 1. The van der Waals surface area contributed by atoms with Crippen molar-refractivity contribution < 1.29 is 9.13 Å². The maximum Gasteiger partial charge on any atom is 0.324 e. The molecule has 1 saturated carbocycles. The molecular weight excluding hydrogens is 405 g/mol. The van der Waals surface area contributed by atoms with Crippen LogP contribution in [0.4, 0.5) is 10.2 Å². The molecule has 6 nitrogen and oxygen atoms in total. The Bertz CT molecular complexity index is 1260. The number of halogens is 1. The highest BCUT2D eigenvalue weighted by Crippen LogP contribution is 2.47. The first-order chi connectivity index (χ1) is 15.4. The number of hydrogen-bond acceptors (Lipinski definition) is 6.